The molecule has 2 N–H and O–H groups in total. The number of halogens is 1. The molecule has 7 nitrogen and oxygen atoms in total. The van der Waals surface area contributed by atoms with E-state index in [-0.39, 0.29) is 29.4 Å². The summed E-state index contributed by atoms with van der Waals surface area (Å²) in [6, 6.07) is 6.36. The maximum absolute atomic E-state index is 5.70. The minimum atomic E-state index is -0.0143. The Morgan fingerprint density at radius 2 is 1.88 bits per heavy atom. The molecule has 0 radical (unpaired) electrons. The summed E-state index contributed by atoms with van der Waals surface area (Å²) in [5, 5.41) is 7.10. The molecule has 2 aliphatic heterocycles. The first-order chi connectivity index (χ1) is 15.2. The second-order valence-corrected chi connectivity index (χ2v) is 9.11. The first-order valence-electron chi connectivity index (χ1n) is 11.7. The third-order valence-corrected chi connectivity index (χ3v) is 7.20. The zero-order valence-electron chi connectivity index (χ0n) is 19.4. The fourth-order valence-corrected chi connectivity index (χ4v) is 4.88. The zero-order valence-corrected chi connectivity index (χ0v) is 21.7. The van der Waals surface area contributed by atoms with Crippen molar-refractivity contribution in [1.82, 2.24) is 10.6 Å². The van der Waals surface area contributed by atoms with Gasteiger partial charge in [-0.15, -0.1) is 24.0 Å². The van der Waals surface area contributed by atoms with Gasteiger partial charge in [0.05, 0.1) is 0 Å². The number of aliphatic imine (C=N–C) groups is 1. The van der Waals surface area contributed by atoms with Gasteiger partial charge in [-0.1, -0.05) is 12.5 Å². The van der Waals surface area contributed by atoms with Crippen LogP contribution in [-0.2, 0) is 14.9 Å². The molecule has 2 heterocycles. The molecule has 1 aromatic carbocycles. The molecule has 0 bridgehead atoms. The van der Waals surface area contributed by atoms with Crippen molar-refractivity contribution in [2.45, 2.75) is 50.9 Å². The van der Waals surface area contributed by atoms with Crippen molar-refractivity contribution in [3.8, 4) is 11.5 Å². The Bertz CT molecular complexity index is 764. The first-order valence-corrected chi connectivity index (χ1v) is 11.7. The maximum Gasteiger partial charge on any atom is 0.231 e. The Balaban J connectivity index is 0.00000289. The van der Waals surface area contributed by atoms with Crippen LogP contribution in [0.1, 0.15) is 51.0 Å². The van der Waals surface area contributed by atoms with E-state index in [0.29, 0.717) is 12.2 Å². The van der Waals surface area contributed by atoms with Gasteiger partial charge in [-0.05, 0) is 62.1 Å². The van der Waals surface area contributed by atoms with Crippen molar-refractivity contribution in [3.63, 3.8) is 0 Å². The molecule has 0 aromatic heterocycles. The molecule has 0 unspecified atom stereocenters. The van der Waals surface area contributed by atoms with Crippen molar-refractivity contribution in [1.29, 1.82) is 0 Å². The van der Waals surface area contributed by atoms with Crippen LogP contribution in [0.4, 0.5) is 0 Å². The van der Waals surface area contributed by atoms with Crippen LogP contribution in [0.2, 0.25) is 0 Å². The Labute approximate surface area is 209 Å². The highest BCUT2D eigenvalue weighted by atomic mass is 127. The number of ether oxygens (including phenoxy) is 4. The molecule has 0 spiro atoms. The molecule has 180 valence electrons. The van der Waals surface area contributed by atoms with Crippen LogP contribution in [0.3, 0.4) is 0 Å². The fourth-order valence-electron chi connectivity index (χ4n) is 4.88. The number of nitrogens with zero attached hydrogens (tertiary/aromatic N) is 1. The van der Waals surface area contributed by atoms with Gasteiger partial charge in [0.15, 0.2) is 17.5 Å². The van der Waals surface area contributed by atoms with Gasteiger partial charge in [0.2, 0.25) is 6.79 Å². The molecule has 1 aromatic rings. The van der Waals surface area contributed by atoms with Gasteiger partial charge in [0.1, 0.15) is 0 Å². The van der Waals surface area contributed by atoms with E-state index in [4.69, 9.17) is 23.9 Å². The van der Waals surface area contributed by atoms with E-state index in [9.17, 15) is 0 Å². The summed E-state index contributed by atoms with van der Waals surface area (Å²) in [4.78, 5) is 4.99. The van der Waals surface area contributed by atoms with Crippen molar-refractivity contribution in [2.24, 2.45) is 10.4 Å². The van der Waals surface area contributed by atoms with Crippen LogP contribution in [0, 0.1) is 5.41 Å². The summed E-state index contributed by atoms with van der Waals surface area (Å²) in [6.45, 7) is 7.27. The SMILES string of the molecule is CCNC(=NCC1(CCOC)CCC1)NCC1(c2ccc3c(c2)OCO3)CCOCC1.I. The Morgan fingerprint density at radius 3 is 2.56 bits per heavy atom. The summed E-state index contributed by atoms with van der Waals surface area (Å²) >= 11 is 0. The van der Waals surface area contributed by atoms with Crippen molar-refractivity contribution in [3.05, 3.63) is 23.8 Å². The second kappa shape index (κ2) is 11.7. The molecule has 3 aliphatic rings. The van der Waals surface area contributed by atoms with Gasteiger partial charge in [0, 0.05) is 52.0 Å². The number of guanidine groups is 1. The van der Waals surface area contributed by atoms with Crippen LogP contribution >= 0.6 is 24.0 Å². The molecule has 0 atom stereocenters. The number of nitrogens with one attached hydrogen (secondary N) is 2. The average molecular weight is 559 g/mol. The lowest BCUT2D eigenvalue weighted by molar-refractivity contribution is 0.0512. The topological polar surface area (TPSA) is 73.3 Å². The van der Waals surface area contributed by atoms with Gasteiger partial charge >= 0.3 is 0 Å². The lowest BCUT2D eigenvalue weighted by atomic mass is 9.67. The summed E-state index contributed by atoms with van der Waals surface area (Å²) in [7, 11) is 1.78. The molecule has 4 rings (SSSR count). The highest BCUT2D eigenvalue weighted by Gasteiger charge is 2.37. The van der Waals surface area contributed by atoms with Gasteiger partial charge in [0.25, 0.3) is 0 Å². The lowest BCUT2D eigenvalue weighted by Gasteiger charge is -2.41. The molecule has 32 heavy (non-hydrogen) atoms. The third-order valence-electron chi connectivity index (χ3n) is 7.20. The summed E-state index contributed by atoms with van der Waals surface area (Å²) in [6.07, 6.45) is 6.82. The van der Waals surface area contributed by atoms with E-state index in [1.165, 1.54) is 24.8 Å². The van der Waals surface area contributed by atoms with Crippen molar-refractivity contribution >= 4 is 29.9 Å². The van der Waals surface area contributed by atoms with Crippen molar-refractivity contribution in [2.75, 3.05) is 53.4 Å². The Hall–Kier alpha value is -1.26. The minimum Gasteiger partial charge on any atom is -0.454 e. The number of hydrogen-bond donors (Lipinski definition) is 2. The number of hydrogen-bond acceptors (Lipinski definition) is 5. The Morgan fingerprint density at radius 1 is 1.09 bits per heavy atom. The van der Waals surface area contributed by atoms with E-state index in [0.717, 1.165) is 76.2 Å². The number of rotatable bonds is 9. The zero-order chi connectivity index (χ0) is 21.6. The van der Waals surface area contributed by atoms with Crippen molar-refractivity contribution < 1.29 is 18.9 Å². The molecule has 1 aliphatic carbocycles. The van der Waals surface area contributed by atoms with Gasteiger partial charge in [-0.2, -0.15) is 0 Å². The minimum absolute atomic E-state index is 0. The molecule has 1 saturated carbocycles. The number of methoxy groups -OCH3 is 1. The van der Waals surface area contributed by atoms with Gasteiger partial charge in [-0.25, -0.2) is 0 Å². The maximum atomic E-state index is 5.70. The van der Waals surface area contributed by atoms with E-state index in [1.54, 1.807) is 7.11 Å². The predicted octanol–water partition coefficient (Wildman–Crippen LogP) is 3.84. The molecular formula is C24H38IN3O4. The van der Waals surface area contributed by atoms with E-state index < -0.39 is 0 Å². The third kappa shape index (κ3) is 5.80. The first kappa shape index (κ1) is 25.4. The predicted molar refractivity (Wildman–Crippen MR) is 136 cm³/mol. The summed E-state index contributed by atoms with van der Waals surface area (Å²) in [5.74, 6) is 2.57. The largest absolute Gasteiger partial charge is 0.454 e. The fraction of sp³-hybridized carbons (Fsp3) is 0.708. The van der Waals surface area contributed by atoms with E-state index in [2.05, 4.69) is 29.7 Å². The van der Waals surface area contributed by atoms with Gasteiger partial charge < -0.3 is 29.6 Å². The standard InChI is InChI=1S/C24H37N3O4.HI/c1-3-25-22(26-16-23(7-4-8-23)9-12-28-2)27-17-24(10-13-29-14-11-24)19-5-6-20-21(15-19)31-18-30-20;/h5-6,15H,3-4,7-14,16-18H2,1-2H3,(H2,25,26,27);1H. The second-order valence-electron chi connectivity index (χ2n) is 9.11. The number of benzene rings is 1. The average Bonchev–Trinajstić information content (AvgIpc) is 3.25. The van der Waals surface area contributed by atoms with E-state index in [1.807, 2.05) is 6.07 Å². The number of fused-ring (bicyclic) bond motifs is 1. The highest BCUT2D eigenvalue weighted by molar-refractivity contribution is 14.0. The monoisotopic (exact) mass is 559 g/mol. The highest BCUT2D eigenvalue weighted by Crippen LogP contribution is 2.44. The summed E-state index contributed by atoms with van der Waals surface area (Å²) < 4.78 is 22.2. The van der Waals surface area contributed by atoms with Crippen LogP contribution in [-0.4, -0.2) is 59.3 Å². The van der Waals surface area contributed by atoms with Crippen LogP contribution < -0.4 is 20.1 Å². The summed E-state index contributed by atoms with van der Waals surface area (Å²) in [5.41, 5.74) is 1.57. The Kier molecular flexibility index (Phi) is 9.31. The molecule has 0 amide bonds. The molecule has 1 saturated heterocycles. The smallest absolute Gasteiger partial charge is 0.231 e. The quantitative estimate of drug-likeness (QED) is 0.272. The van der Waals surface area contributed by atoms with Gasteiger partial charge in [-0.3, -0.25) is 4.99 Å². The lowest BCUT2D eigenvalue weighted by Crippen LogP contribution is -2.48. The molecule has 2 fully saturated rings. The van der Waals surface area contributed by atoms with Crippen LogP contribution in [0.5, 0.6) is 11.5 Å². The van der Waals surface area contributed by atoms with Crippen LogP contribution in [0.25, 0.3) is 0 Å². The molecule has 8 heteroatoms. The van der Waals surface area contributed by atoms with E-state index >= 15 is 0 Å². The van der Waals surface area contributed by atoms with Crippen LogP contribution in [0.15, 0.2) is 23.2 Å². The molecular weight excluding hydrogens is 521 g/mol. The normalized spacial score (nSPS) is 20.8.